The fourth-order valence-corrected chi connectivity index (χ4v) is 6.73. The van der Waals surface area contributed by atoms with E-state index in [1.807, 2.05) is 49.6 Å². The molecule has 12 nitrogen and oxygen atoms in total. The van der Waals surface area contributed by atoms with Crippen molar-refractivity contribution in [3.63, 3.8) is 0 Å². The number of thiazole rings is 1. The van der Waals surface area contributed by atoms with E-state index in [0.29, 0.717) is 47.4 Å². The molecule has 0 bridgehead atoms. The standard InChI is InChI=1S/C28H30N6O6S2/c1-28(2,3)22-15-23(33-40-22)31-26(35)29-18-8-6-17(7-9-18)19-16-34-24-21(41-27(34)30-19)14-20-25(32-24)39-11-5-13-42(36,37)12-4-10-38-20/h6-9,14-16H,4-5,10-13H2,1-3H3,(H2,29,31,33,35). The number of benzene rings is 1. The lowest BCUT2D eigenvalue weighted by molar-refractivity contribution is 0.262. The molecule has 4 aromatic heterocycles. The van der Waals surface area contributed by atoms with Crippen LogP contribution in [0.15, 0.2) is 47.1 Å². The minimum Gasteiger partial charge on any atom is -0.488 e. The molecule has 1 aliphatic heterocycles. The molecule has 5 heterocycles. The molecule has 220 valence electrons. The minimum atomic E-state index is -3.11. The van der Waals surface area contributed by atoms with Gasteiger partial charge >= 0.3 is 6.03 Å². The number of nitrogens with one attached hydrogen (secondary N) is 2. The molecule has 6 rings (SSSR count). The van der Waals surface area contributed by atoms with Gasteiger partial charge in [-0.25, -0.2) is 18.2 Å². The van der Waals surface area contributed by atoms with Crippen molar-refractivity contribution >= 4 is 54.0 Å². The highest BCUT2D eigenvalue weighted by Crippen LogP contribution is 2.36. The number of carbonyl (C=O) groups excluding carboxylic acids is 1. The number of carbonyl (C=O) groups is 1. The van der Waals surface area contributed by atoms with Gasteiger partial charge in [0, 0.05) is 35.0 Å². The zero-order chi connectivity index (χ0) is 29.5. The number of hydrogen-bond donors (Lipinski definition) is 2. The SMILES string of the molecule is CC(C)(C)c1cc(NC(=O)Nc2ccc(-c3cn4c(n3)sc3cc5c(nc34)OCCCS(=O)(=O)CCCO5)cc2)no1. The van der Waals surface area contributed by atoms with E-state index in [2.05, 4.69) is 15.8 Å². The van der Waals surface area contributed by atoms with Crippen molar-refractivity contribution in [3.05, 3.63) is 48.4 Å². The highest BCUT2D eigenvalue weighted by molar-refractivity contribution is 7.91. The first kappa shape index (κ1) is 28.0. The second-order valence-corrected chi connectivity index (χ2v) is 14.3. The number of hydrogen-bond acceptors (Lipinski definition) is 10. The van der Waals surface area contributed by atoms with E-state index in [4.69, 9.17) is 24.0 Å². The number of imidazole rings is 1. The van der Waals surface area contributed by atoms with Crippen LogP contribution >= 0.6 is 11.3 Å². The molecule has 14 heteroatoms. The van der Waals surface area contributed by atoms with E-state index in [0.717, 1.165) is 20.9 Å². The molecular formula is C28H30N6O6S2. The third-order valence-corrected chi connectivity index (χ3v) is 9.44. The number of rotatable bonds is 3. The van der Waals surface area contributed by atoms with E-state index in [-0.39, 0.29) is 30.1 Å². The van der Waals surface area contributed by atoms with Crippen LogP contribution in [0.1, 0.15) is 39.4 Å². The predicted octanol–water partition coefficient (Wildman–Crippen LogP) is 5.51. The van der Waals surface area contributed by atoms with Gasteiger partial charge in [-0.05, 0) is 25.0 Å². The first-order valence-electron chi connectivity index (χ1n) is 13.5. The van der Waals surface area contributed by atoms with Gasteiger partial charge in [0.05, 0.1) is 35.1 Å². The number of urea groups is 1. The van der Waals surface area contributed by atoms with Crippen LogP contribution in [0.25, 0.3) is 26.6 Å². The van der Waals surface area contributed by atoms with Crippen LogP contribution in [0.3, 0.4) is 0 Å². The first-order chi connectivity index (χ1) is 20.0. The normalized spacial score (nSPS) is 15.8. The summed E-state index contributed by atoms with van der Waals surface area (Å²) in [7, 11) is -3.11. The lowest BCUT2D eigenvalue weighted by Gasteiger charge is -2.12. The lowest BCUT2D eigenvalue weighted by Crippen LogP contribution is -2.19. The molecular weight excluding hydrogens is 580 g/mol. The Morgan fingerprint density at radius 1 is 1.00 bits per heavy atom. The van der Waals surface area contributed by atoms with E-state index in [1.54, 1.807) is 18.2 Å². The summed E-state index contributed by atoms with van der Waals surface area (Å²) in [5.41, 5.74) is 2.69. The summed E-state index contributed by atoms with van der Waals surface area (Å²) in [6.45, 7) is 6.49. The largest absolute Gasteiger partial charge is 0.488 e. The molecule has 1 aliphatic rings. The molecule has 2 N–H and O–H groups in total. The number of fused-ring (bicyclic) bond motifs is 4. The van der Waals surface area contributed by atoms with Gasteiger partial charge in [0.1, 0.15) is 5.76 Å². The number of sulfone groups is 1. The number of nitrogens with zero attached hydrogens (tertiary/aromatic N) is 4. The maximum absolute atomic E-state index is 12.5. The Bertz CT molecular complexity index is 1870. The molecule has 2 amide bonds. The fraction of sp³-hybridized carbons (Fsp3) is 0.357. The van der Waals surface area contributed by atoms with Crippen LogP contribution in [0.5, 0.6) is 11.6 Å². The zero-order valence-electron chi connectivity index (χ0n) is 23.3. The Labute approximate surface area is 246 Å². The van der Waals surface area contributed by atoms with Gasteiger partial charge in [-0.2, -0.15) is 4.98 Å². The van der Waals surface area contributed by atoms with Crippen LogP contribution < -0.4 is 20.1 Å². The number of pyridine rings is 1. The van der Waals surface area contributed by atoms with Crippen molar-refractivity contribution in [2.75, 3.05) is 35.4 Å². The van der Waals surface area contributed by atoms with E-state index >= 15 is 0 Å². The summed E-state index contributed by atoms with van der Waals surface area (Å²) in [6.07, 6.45) is 2.70. The summed E-state index contributed by atoms with van der Waals surface area (Å²) >= 11 is 1.47. The van der Waals surface area contributed by atoms with Gasteiger partial charge in [-0.15, -0.1) is 0 Å². The second-order valence-electron chi connectivity index (χ2n) is 11.0. The molecule has 0 spiro atoms. The van der Waals surface area contributed by atoms with Crippen molar-refractivity contribution in [1.82, 2.24) is 19.5 Å². The van der Waals surface area contributed by atoms with Gasteiger partial charge in [0.2, 0.25) is 0 Å². The molecule has 5 aromatic rings. The van der Waals surface area contributed by atoms with E-state index < -0.39 is 15.9 Å². The van der Waals surface area contributed by atoms with Gasteiger partial charge in [-0.1, -0.05) is 49.4 Å². The number of amides is 2. The van der Waals surface area contributed by atoms with E-state index in [9.17, 15) is 13.2 Å². The molecule has 0 atom stereocenters. The Morgan fingerprint density at radius 2 is 1.74 bits per heavy atom. The van der Waals surface area contributed by atoms with Crippen molar-refractivity contribution < 1.29 is 27.2 Å². The van der Waals surface area contributed by atoms with Gasteiger partial charge in [0.15, 0.2) is 32.0 Å². The summed E-state index contributed by atoms with van der Waals surface area (Å²) in [6, 6.07) is 10.5. The Balaban J connectivity index is 1.17. The quantitative estimate of drug-likeness (QED) is 0.270. The average Bonchev–Trinajstić information content (AvgIpc) is 3.64. The van der Waals surface area contributed by atoms with Crippen molar-refractivity contribution in [2.24, 2.45) is 0 Å². The van der Waals surface area contributed by atoms with Crippen molar-refractivity contribution in [1.29, 1.82) is 0 Å². The Hall–Kier alpha value is -4.17. The monoisotopic (exact) mass is 610 g/mol. The lowest BCUT2D eigenvalue weighted by atomic mass is 9.93. The highest BCUT2D eigenvalue weighted by Gasteiger charge is 2.21. The summed E-state index contributed by atoms with van der Waals surface area (Å²) < 4.78 is 44.0. The minimum absolute atomic E-state index is 0.0804. The van der Waals surface area contributed by atoms with Crippen LogP contribution in [0, 0.1) is 0 Å². The van der Waals surface area contributed by atoms with Crippen molar-refractivity contribution in [2.45, 2.75) is 39.0 Å². The number of aromatic nitrogens is 4. The summed E-state index contributed by atoms with van der Waals surface area (Å²) in [5.74, 6) is 2.03. The molecule has 0 unspecified atom stereocenters. The third-order valence-electron chi connectivity index (χ3n) is 6.63. The van der Waals surface area contributed by atoms with Gasteiger partial charge in [-0.3, -0.25) is 9.72 Å². The summed E-state index contributed by atoms with van der Waals surface area (Å²) in [5, 5.41) is 9.38. The average molecular weight is 611 g/mol. The molecule has 1 aromatic carbocycles. The van der Waals surface area contributed by atoms with Crippen LogP contribution in [-0.2, 0) is 15.3 Å². The number of ether oxygens (including phenoxy) is 2. The zero-order valence-corrected chi connectivity index (χ0v) is 25.0. The maximum Gasteiger partial charge on any atom is 0.324 e. The topological polar surface area (TPSA) is 150 Å². The maximum atomic E-state index is 12.5. The third kappa shape index (κ3) is 6.04. The molecule has 0 aliphatic carbocycles. The van der Waals surface area contributed by atoms with Crippen LogP contribution in [0.2, 0.25) is 0 Å². The molecule has 0 radical (unpaired) electrons. The first-order valence-corrected chi connectivity index (χ1v) is 16.1. The fourth-order valence-electron chi connectivity index (χ4n) is 4.43. The van der Waals surface area contributed by atoms with Crippen LogP contribution in [0.4, 0.5) is 16.3 Å². The molecule has 0 saturated heterocycles. The van der Waals surface area contributed by atoms with Gasteiger partial charge < -0.3 is 19.3 Å². The second kappa shape index (κ2) is 10.9. The molecule has 42 heavy (non-hydrogen) atoms. The van der Waals surface area contributed by atoms with E-state index in [1.165, 1.54) is 11.3 Å². The predicted molar refractivity (Wildman–Crippen MR) is 161 cm³/mol. The van der Waals surface area contributed by atoms with Gasteiger partial charge in [0.25, 0.3) is 5.88 Å². The highest BCUT2D eigenvalue weighted by atomic mass is 32.2. The smallest absolute Gasteiger partial charge is 0.324 e. The molecule has 0 saturated carbocycles. The Kier molecular flexibility index (Phi) is 7.27. The molecule has 0 fully saturated rings. The Morgan fingerprint density at radius 3 is 2.45 bits per heavy atom. The van der Waals surface area contributed by atoms with Crippen molar-refractivity contribution in [3.8, 4) is 22.9 Å². The number of anilines is 2. The summed E-state index contributed by atoms with van der Waals surface area (Å²) in [4.78, 5) is 22.7. The van der Waals surface area contributed by atoms with Crippen LogP contribution in [-0.4, -0.2) is 58.7 Å².